The third-order valence-corrected chi connectivity index (χ3v) is 5.14. The molecule has 0 saturated carbocycles. The Morgan fingerprint density at radius 2 is 2.11 bits per heavy atom. The zero-order valence-corrected chi connectivity index (χ0v) is 15.7. The average molecular weight is 362 g/mol. The van der Waals surface area contributed by atoms with E-state index in [1.165, 1.54) is 5.56 Å². The zero-order valence-electron chi connectivity index (χ0n) is 15.7. The molecule has 5 rings (SSSR count). The molecule has 4 aromatic rings. The minimum absolute atomic E-state index is 0.303. The van der Waals surface area contributed by atoms with Crippen molar-refractivity contribution >= 4 is 5.65 Å². The Balaban J connectivity index is 1.66. The molecule has 0 aromatic carbocycles. The van der Waals surface area contributed by atoms with Crippen LogP contribution in [0.1, 0.15) is 36.7 Å². The number of fused-ring (bicyclic) bond motifs is 2. The summed E-state index contributed by atoms with van der Waals surface area (Å²) in [6, 6.07) is 2.12. The second-order valence-corrected chi connectivity index (χ2v) is 7.37. The summed E-state index contributed by atoms with van der Waals surface area (Å²) in [5.74, 6) is 1.37. The van der Waals surface area contributed by atoms with E-state index in [1.807, 2.05) is 17.6 Å². The van der Waals surface area contributed by atoms with Crippen molar-refractivity contribution in [2.45, 2.75) is 39.8 Å². The molecule has 27 heavy (non-hydrogen) atoms. The van der Waals surface area contributed by atoms with Crippen molar-refractivity contribution in [1.29, 1.82) is 0 Å². The lowest BCUT2D eigenvalue weighted by molar-refractivity contribution is 0.505. The van der Waals surface area contributed by atoms with E-state index in [-0.39, 0.29) is 0 Å². The van der Waals surface area contributed by atoms with Crippen LogP contribution in [-0.2, 0) is 13.1 Å². The zero-order chi connectivity index (χ0) is 18.5. The Labute approximate surface area is 156 Å². The molecule has 0 unspecified atom stereocenters. The molecule has 0 spiro atoms. The standard InChI is InChI=1S/C19H22N8/c1-11(2)16-17(13-6-12(3)19-21-10-22-27(19)8-13)24-25-18(16)14-9-26-5-4-20-7-15(26)23-14/h6,8-11,20H,4-5,7H2,1-3H3,(H,24,25). The summed E-state index contributed by atoms with van der Waals surface area (Å²) in [6.45, 7) is 9.16. The van der Waals surface area contributed by atoms with Crippen LogP contribution in [0.2, 0.25) is 0 Å². The van der Waals surface area contributed by atoms with Gasteiger partial charge in [-0.15, -0.1) is 0 Å². The van der Waals surface area contributed by atoms with Crippen LogP contribution in [0.3, 0.4) is 0 Å². The van der Waals surface area contributed by atoms with Crippen molar-refractivity contribution in [2.75, 3.05) is 6.54 Å². The van der Waals surface area contributed by atoms with E-state index in [9.17, 15) is 0 Å². The maximum absolute atomic E-state index is 4.83. The first-order valence-electron chi connectivity index (χ1n) is 9.27. The van der Waals surface area contributed by atoms with Crippen molar-refractivity contribution < 1.29 is 0 Å². The fourth-order valence-electron chi connectivity index (χ4n) is 3.86. The predicted octanol–water partition coefficient (Wildman–Crippen LogP) is 2.52. The summed E-state index contributed by atoms with van der Waals surface area (Å²) in [6.07, 6.45) is 5.70. The van der Waals surface area contributed by atoms with Crippen LogP contribution in [-0.4, -0.2) is 40.9 Å². The van der Waals surface area contributed by atoms with E-state index in [0.29, 0.717) is 5.92 Å². The van der Waals surface area contributed by atoms with E-state index in [0.717, 1.165) is 59.3 Å². The number of rotatable bonds is 3. The average Bonchev–Trinajstić information content (AvgIpc) is 3.37. The smallest absolute Gasteiger partial charge is 0.158 e. The number of H-pyrrole nitrogens is 1. The summed E-state index contributed by atoms with van der Waals surface area (Å²) < 4.78 is 4.03. The fraction of sp³-hybridized carbons (Fsp3) is 0.368. The second-order valence-electron chi connectivity index (χ2n) is 7.37. The minimum atomic E-state index is 0.303. The summed E-state index contributed by atoms with van der Waals surface area (Å²) in [7, 11) is 0. The number of hydrogen-bond donors (Lipinski definition) is 2. The molecule has 0 amide bonds. The molecule has 2 N–H and O–H groups in total. The van der Waals surface area contributed by atoms with Gasteiger partial charge in [-0.25, -0.2) is 14.5 Å². The van der Waals surface area contributed by atoms with Crippen LogP contribution in [0.5, 0.6) is 0 Å². The third kappa shape index (κ3) is 2.56. The highest BCUT2D eigenvalue weighted by molar-refractivity contribution is 5.74. The highest BCUT2D eigenvalue weighted by atomic mass is 15.3. The first-order valence-corrected chi connectivity index (χ1v) is 9.27. The molecule has 0 radical (unpaired) electrons. The molecule has 0 saturated heterocycles. The van der Waals surface area contributed by atoms with Gasteiger partial charge in [-0.3, -0.25) is 5.10 Å². The number of nitrogens with zero attached hydrogens (tertiary/aromatic N) is 6. The van der Waals surface area contributed by atoms with Gasteiger partial charge in [0.15, 0.2) is 5.65 Å². The Morgan fingerprint density at radius 3 is 2.93 bits per heavy atom. The molecule has 8 nitrogen and oxygen atoms in total. The number of pyridine rings is 1. The second kappa shape index (κ2) is 6.02. The van der Waals surface area contributed by atoms with Crippen LogP contribution < -0.4 is 5.32 Å². The molecule has 4 aromatic heterocycles. The van der Waals surface area contributed by atoms with Gasteiger partial charge in [0.25, 0.3) is 0 Å². The predicted molar refractivity (Wildman–Crippen MR) is 102 cm³/mol. The van der Waals surface area contributed by atoms with Gasteiger partial charge in [0.05, 0.1) is 17.9 Å². The van der Waals surface area contributed by atoms with Crippen molar-refractivity contribution in [3.63, 3.8) is 0 Å². The lowest BCUT2D eigenvalue weighted by Gasteiger charge is -2.13. The van der Waals surface area contributed by atoms with Crippen LogP contribution in [0.25, 0.3) is 28.3 Å². The van der Waals surface area contributed by atoms with E-state index in [1.54, 1.807) is 6.33 Å². The first-order chi connectivity index (χ1) is 13.1. The lowest BCUT2D eigenvalue weighted by atomic mass is 9.96. The number of nitrogens with one attached hydrogen (secondary N) is 2. The van der Waals surface area contributed by atoms with Crippen molar-refractivity contribution in [3.8, 4) is 22.6 Å². The number of aryl methyl sites for hydroxylation is 1. The van der Waals surface area contributed by atoms with E-state index >= 15 is 0 Å². The third-order valence-electron chi connectivity index (χ3n) is 5.14. The van der Waals surface area contributed by atoms with Gasteiger partial charge in [0.1, 0.15) is 17.8 Å². The molecular weight excluding hydrogens is 340 g/mol. The molecule has 1 aliphatic heterocycles. The van der Waals surface area contributed by atoms with Gasteiger partial charge < -0.3 is 9.88 Å². The number of aromatic nitrogens is 7. The molecule has 0 bridgehead atoms. The van der Waals surface area contributed by atoms with Gasteiger partial charge in [-0.05, 0) is 24.5 Å². The van der Waals surface area contributed by atoms with Gasteiger partial charge in [-0.1, -0.05) is 13.8 Å². The van der Waals surface area contributed by atoms with Gasteiger partial charge in [0.2, 0.25) is 0 Å². The molecule has 0 atom stereocenters. The highest BCUT2D eigenvalue weighted by Gasteiger charge is 2.23. The Kier molecular flexibility index (Phi) is 3.61. The topological polar surface area (TPSA) is 88.7 Å². The first kappa shape index (κ1) is 16.2. The molecule has 5 heterocycles. The summed E-state index contributed by atoms with van der Waals surface area (Å²) in [5, 5.41) is 15.6. The number of imidazole rings is 1. The SMILES string of the molecule is Cc1cc(-c2n[nH]c(-c3cn4c(n3)CNCC4)c2C(C)C)cn2ncnc12. The largest absolute Gasteiger partial charge is 0.332 e. The number of aromatic amines is 1. The monoisotopic (exact) mass is 362 g/mol. The Bertz CT molecular complexity index is 1110. The minimum Gasteiger partial charge on any atom is -0.332 e. The van der Waals surface area contributed by atoms with E-state index in [4.69, 9.17) is 4.98 Å². The fourth-order valence-corrected chi connectivity index (χ4v) is 3.86. The van der Waals surface area contributed by atoms with Crippen LogP contribution >= 0.6 is 0 Å². The van der Waals surface area contributed by atoms with Gasteiger partial charge in [-0.2, -0.15) is 10.2 Å². The van der Waals surface area contributed by atoms with Crippen LogP contribution in [0.4, 0.5) is 0 Å². The van der Waals surface area contributed by atoms with Gasteiger partial charge >= 0.3 is 0 Å². The maximum Gasteiger partial charge on any atom is 0.158 e. The molecule has 8 heteroatoms. The van der Waals surface area contributed by atoms with Crippen molar-refractivity contribution in [1.82, 2.24) is 39.7 Å². The van der Waals surface area contributed by atoms with Crippen LogP contribution in [0, 0.1) is 6.92 Å². The lowest BCUT2D eigenvalue weighted by Crippen LogP contribution is -2.27. The molecule has 138 valence electrons. The molecule has 0 aliphatic carbocycles. The summed E-state index contributed by atoms with van der Waals surface area (Å²) >= 11 is 0. The quantitative estimate of drug-likeness (QED) is 0.585. The highest BCUT2D eigenvalue weighted by Crippen LogP contribution is 2.35. The molecule has 1 aliphatic rings. The Morgan fingerprint density at radius 1 is 1.22 bits per heavy atom. The van der Waals surface area contributed by atoms with Crippen LogP contribution in [0.15, 0.2) is 24.8 Å². The van der Waals surface area contributed by atoms with E-state index in [2.05, 4.69) is 56.3 Å². The Hall–Kier alpha value is -3.00. The number of hydrogen-bond acceptors (Lipinski definition) is 5. The van der Waals surface area contributed by atoms with Crippen molar-refractivity contribution in [3.05, 3.63) is 41.7 Å². The summed E-state index contributed by atoms with van der Waals surface area (Å²) in [4.78, 5) is 9.14. The van der Waals surface area contributed by atoms with Crippen molar-refractivity contribution in [2.24, 2.45) is 0 Å². The normalized spacial score (nSPS) is 14.2. The maximum atomic E-state index is 4.83. The van der Waals surface area contributed by atoms with E-state index < -0.39 is 0 Å². The molecular formula is C19H22N8. The van der Waals surface area contributed by atoms with Gasteiger partial charge in [0, 0.05) is 36.6 Å². The molecule has 0 fully saturated rings. The summed E-state index contributed by atoms with van der Waals surface area (Å²) in [5.41, 5.74) is 7.06.